The molecule has 1 aliphatic rings. The standard InChI is InChI=1S/C15H22N2O2/c1-12(13-5-3-2-4-6-13)17-14(18)15(11-16)7-9-19-10-8-15/h2-6,12H,7-11,16H2,1H3,(H,17,18)/t12-/m1/s1. The van der Waals surface area contributed by atoms with Crippen LogP contribution in [0.5, 0.6) is 0 Å². The lowest BCUT2D eigenvalue weighted by molar-refractivity contribution is -0.136. The molecule has 1 aliphatic heterocycles. The molecule has 19 heavy (non-hydrogen) atoms. The second kappa shape index (κ2) is 6.17. The number of carbonyl (C=O) groups excluding carboxylic acids is 1. The van der Waals surface area contributed by atoms with E-state index in [1.807, 2.05) is 37.3 Å². The first-order valence-corrected chi connectivity index (χ1v) is 6.82. The van der Waals surface area contributed by atoms with Gasteiger partial charge in [0, 0.05) is 19.8 Å². The summed E-state index contributed by atoms with van der Waals surface area (Å²) in [5, 5.41) is 3.08. The predicted molar refractivity (Wildman–Crippen MR) is 74.5 cm³/mol. The molecule has 104 valence electrons. The van der Waals surface area contributed by atoms with Gasteiger partial charge in [-0.2, -0.15) is 0 Å². The van der Waals surface area contributed by atoms with Gasteiger partial charge in [-0.3, -0.25) is 4.79 Å². The zero-order valence-electron chi connectivity index (χ0n) is 11.4. The first-order valence-electron chi connectivity index (χ1n) is 6.82. The quantitative estimate of drug-likeness (QED) is 0.866. The Morgan fingerprint density at radius 1 is 1.37 bits per heavy atom. The van der Waals surface area contributed by atoms with E-state index in [0.717, 1.165) is 5.56 Å². The molecule has 0 spiro atoms. The van der Waals surface area contributed by atoms with Crippen LogP contribution in [0, 0.1) is 5.41 Å². The maximum Gasteiger partial charge on any atom is 0.228 e. The summed E-state index contributed by atoms with van der Waals surface area (Å²) in [5.41, 5.74) is 6.49. The third kappa shape index (κ3) is 3.14. The van der Waals surface area contributed by atoms with Crippen molar-refractivity contribution in [3.63, 3.8) is 0 Å². The summed E-state index contributed by atoms with van der Waals surface area (Å²) in [7, 11) is 0. The van der Waals surface area contributed by atoms with Gasteiger partial charge in [-0.05, 0) is 25.3 Å². The Kier molecular flexibility index (Phi) is 4.56. The average Bonchev–Trinajstić information content (AvgIpc) is 2.48. The van der Waals surface area contributed by atoms with E-state index in [4.69, 9.17) is 10.5 Å². The summed E-state index contributed by atoms with van der Waals surface area (Å²) < 4.78 is 5.33. The number of amides is 1. The fourth-order valence-electron chi connectivity index (χ4n) is 2.46. The van der Waals surface area contributed by atoms with Crippen molar-refractivity contribution in [2.45, 2.75) is 25.8 Å². The summed E-state index contributed by atoms with van der Waals surface area (Å²) in [6.45, 7) is 3.61. The van der Waals surface area contributed by atoms with E-state index < -0.39 is 5.41 Å². The topological polar surface area (TPSA) is 64.4 Å². The van der Waals surface area contributed by atoms with Gasteiger partial charge < -0.3 is 15.8 Å². The van der Waals surface area contributed by atoms with Crippen LogP contribution in [0.1, 0.15) is 31.4 Å². The monoisotopic (exact) mass is 262 g/mol. The van der Waals surface area contributed by atoms with Gasteiger partial charge in [0.15, 0.2) is 0 Å². The van der Waals surface area contributed by atoms with E-state index in [-0.39, 0.29) is 11.9 Å². The minimum Gasteiger partial charge on any atom is -0.381 e. The highest BCUT2D eigenvalue weighted by Gasteiger charge is 2.39. The molecule has 0 radical (unpaired) electrons. The molecule has 1 atom stereocenters. The molecule has 0 aliphatic carbocycles. The molecule has 2 rings (SSSR count). The van der Waals surface area contributed by atoms with Crippen molar-refractivity contribution in [3.8, 4) is 0 Å². The van der Waals surface area contributed by atoms with Crippen molar-refractivity contribution in [2.75, 3.05) is 19.8 Å². The van der Waals surface area contributed by atoms with Crippen LogP contribution in [0.4, 0.5) is 0 Å². The minimum atomic E-state index is -0.457. The third-order valence-corrected chi connectivity index (χ3v) is 3.97. The molecule has 0 bridgehead atoms. The van der Waals surface area contributed by atoms with Crippen LogP contribution < -0.4 is 11.1 Å². The van der Waals surface area contributed by atoms with Gasteiger partial charge in [-0.1, -0.05) is 30.3 Å². The van der Waals surface area contributed by atoms with E-state index in [1.165, 1.54) is 0 Å². The SMILES string of the molecule is C[C@@H](NC(=O)C1(CN)CCOCC1)c1ccccc1. The Hall–Kier alpha value is -1.39. The van der Waals surface area contributed by atoms with Gasteiger partial charge in [0.05, 0.1) is 11.5 Å². The zero-order chi connectivity index (χ0) is 13.7. The fourth-order valence-corrected chi connectivity index (χ4v) is 2.46. The minimum absolute atomic E-state index is 0.0000279. The maximum absolute atomic E-state index is 12.5. The summed E-state index contributed by atoms with van der Waals surface area (Å²) in [6, 6.07) is 9.96. The van der Waals surface area contributed by atoms with Gasteiger partial charge >= 0.3 is 0 Å². The van der Waals surface area contributed by atoms with Crippen molar-refractivity contribution >= 4 is 5.91 Å². The largest absolute Gasteiger partial charge is 0.381 e. The fraction of sp³-hybridized carbons (Fsp3) is 0.533. The highest BCUT2D eigenvalue weighted by molar-refractivity contribution is 5.83. The second-order valence-corrected chi connectivity index (χ2v) is 5.20. The van der Waals surface area contributed by atoms with Crippen LogP contribution in [0.25, 0.3) is 0 Å². The van der Waals surface area contributed by atoms with E-state index in [1.54, 1.807) is 0 Å². The molecular formula is C15H22N2O2. The Balaban J connectivity index is 2.03. The molecule has 1 heterocycles. The molecule has 1 saturated heterocycles. The first kappa shape index (κ1) is 14.0. The molecule has 1 aromatic rings. The molecule has 1 amide bonds. The number of rotatable bonds is 4. The molecule has 4 nitrogen and oxygen atoms in total. The van der Waals surface area contributed by atoms with E-state index >= 15 is 0 Å². The van der Waals surface area contributed by atoms with Crippen molar-refractivity contribution in [3.05, 3.63) is 35.9 Å². The van der Waals surface area contributed by atoms with Gasteiger partial charge in [0.25, 0.3) is 0 Å². The number of hydrogen-bond acceptors (Lipinski definition) is 3. The highest BCUT2D eigenvalue weighted by Crippen LogP contribution is 2.30. The Labute approximate surface area is 114 Å². The summed E-state index contributed by atoms with van der Waals surface area (Å²) in [4.78, 5) is 12.5. The number of benzene rings is 1. The molecule has 1 aromatic carbocycles. The van der Waals surface area contributed by atoms with Gasteiger partial charge in [0.1, 0.15) is 0 Å². The number of carbonyl (C=O) groups is 1. The van der Waals surface area contributed by atoms with Crippen LogP contribution in [0.15, 0.2) is 30.3 Å². The Bertz CT molecular complexity index is 413. The molecule has 4 heteroatoms. The van der Waals surface area contributed by atoms with Crippen LogP contribution in [0.3, 0.4) is 0 Å². The zero-order valence-corrected chi connectivity index (χ0v) is 11.4. The smallest absolute Gasteiger partial charge is 0.228 e. The molecule has 0 unspecified atom stereocenters. The summed E-state index contributed by atoms with van der Waals surface area (Å²) in [5.74, 6) is 0.0506. The number of nitrogens with one attached hydrogen (secondary N) is 1. The lowest BCUT2D eigenvalue weighted by Gasteiger charge is -2.35. The molecule has 0 aromatic heterocycles. The van der Waals surface area contributed by atoms with Crippen molar-refractivity contribution in [1.82, 2.24) is 5.32 Å². The average molecular weight is 262 g/mol. The normalized spacial score (nSPS) is 19.7. The lowest BCUT2D eigenvalue weighted by Crippen LogP contribution is -2.49. The van der Waals surface area contributed by atoms with Gasteiger partial charge in [-0.15, -0.1) is 0 Å². The number of ether oxygens (including phenoxy) is 1. The first-order chi connectivity index (χ1) is 9.18. The van der Waals surface area contributed by atoms with E-state index in [0.29, 0.717) is 32.6 Å². The van der Waals surface area contributed by atoms with Crippen molar-refractivity contribution in [2.24, 2.45) is 11.1 Å². The van der Waals surface area contributed by atoms with Crippen molar-refractivity contribution < 1.29 is 9.53 Å². The number of hydrogen-bond donors (Lipinski definition) is 2. The van der Waals surface area contributed by atoms with Gasteiger partial charge in [0.2, 0.25) is 5.91 Å². The third-order valence-electron chi connectivity index (χ3n) is 3.97. The molecule has 1 fully saturated rings. The Morgan fingerprint density at radius 3 is 2.58 bits per heavy atom. The lowest BCUT2D eigenvalue weighted by atomic mass is 9.79. The molecule has 3 N–H and O–H groups in total. The number of nitrogens with two attached hydrogens (primary N) is 1. The van der Waals surface area contributed by atoms with E-state index in [9.17, 15) is 4.79 Å². The predicted octanol–water partition coefficient (Wildman–Crippen LogP) is 1.62. The highest BCUT2D eigenvalue weighted by atomic mass is 16.5. The van der Waals surface area contributed by atoms with Crippen LogP contribution in [-0.4, -0.2) is 25.7 Å². The van der Waals surface area contributed by atoms with Gasteiger partial charge in [-0.25, -0.2) is 0 Å². The molecule has 0 saturated carbocycles. The van der Waals surface area contributed by atoms with Crippen LogP contribution >= 0.6 is 0 Å². The molecular weight excluding hydrogens is 240 g/mol. The van der Waals surface area contributed by atoms with Crippen molar-refractivity contribution in [1.29, 1.82) is 0 Å². The van der Waals surface area contributed by atoms with E-state index in [2.05, 4.69) is 5.32 Å². The maximum atomic E-state index is 12.5. The summed E-state index contributed by atoms with van der Waals surface area (Å²) in [6.07, 6.45) is 1.41. The summed E-state index contributed by atoms with van der Waals surface area (Å²) >= 11 is 0. The Morgan fingerprint density at radius 2 is 2.00 bits per heavy atom. The van der Waals surface area contributed by atoms with Crippen LogP contribution in [0.2, 0.25) is 0 Å². The van der Waals surface area contributed by atoms with Crippen LogP contribution in [-0.2, 0) is 9.53 Å². The second-order valence-electron chi connectivity index (χ2n) is 5.20.